The predicted molar refractivity (Wildman–Crippen MR) is 85.6 cm³/mol. The Bertz CT molecular complexity index is 236. The summed E-state index contributed by atoms with van der Waals surface area (Å²) < 4.78 is 0. The molecule has 1 aliphatic rings. The smallest absolute Gasteiger partial charge is 0.00965 e. The van der Waals surface area contributed by atoms with Crippen molar-refractivity contribution in [3.63, 3.8) is 0 Å². The van der Waals surface area contributed by atoms with E-state index in [0.29, 0.717) is 0 Å². The zero-order valence-corrected chi connectivity index (χ0v) is 14.1. The highest BCUT2D eigenvalue weighted by atomic mass is 15.2. The highest BCUT2D eigenvalue weighted by Crippen LogP contribution is 2.27. The Labute approximate surface area is 121 Å². The summed E-state index contributed by atoms with van der Waals surface area (Å²) in [5.41, 5.74) is 0.259. The summed E-state index contributed by atoms with van der Waals surface area (Å²) in [4.78, 5) is 2.64. The number of nitrogens with zero attached hydrogens (tertiary/aromatic N) is 1. The number of rotatable bonds is 6. The molecule has 0 saturated heterocycles. The maximum atomic E-state index is 3.58. The Balaban J connectivity index is 2.19. The van der Waals surface area contributed by atoms with Gasteiger partial charge in [-0.1, -0.05) is 6.92 Å². The average molecular weight is 268 g/mol. The van der Waals surface area contributed by atoms with Crippen LogP contribution in [0.25, 0.3) is 0 Å². The molecule has 0 radical (unpaired) electrons. The molecule has 1 rings (SSSR count). The van der Waals surface area contributed by atoms with E-state index in [0.717, 1.165) is 24.5 Å². The molecule has 0 aromatic carbocycles. The van der Waals surface area contributed by atoms with E-state index in [2.05, 4.69) is 51.9 Å². The number of hydrogen-bond donors (Lipinski definition) is 1. The van der Waals surface area contributed by atoms with Gasteiger partial charge in [0.2, 0.25) is 0 Å². The van der Waals surface area contributed by atoms with E-state index >= 15 is 0 Å². The van der Waals surface area contributed by atoms with E-state index < -0.39 is 0 Å². The van der Waals surface area contributed by atoms with Crippen molar-refractivity contribution < 1.29 is 0 Å². The third kappa shape index (κ3) is 6.76. The summed E-state index contributed by atoms with van der Waals surface area (Å²) >= 11 is 0. The predicted octanol–water partition coefficient (Wildman–Crippen LogP) is 4.05. The Morgan fingerprint density at radius 1 is 1.16 bits per heavy atom. The summed E-state index contributed by atoms with van der Waals surface area (Å²) in [5.74, 6) is 0.955. The van der Waals surface area contributed by atoms with Crippen molar-refractivity contribution in [1.82, 2.24) is 10.2 Å². The maximum Gasteiger partial charge on any atom is 0.00965 e. The molecule has 19 heavy (non-hydrogen) atoms. The lowest BCUT2D eigenvalue weighted by Crippen LogP contribution is -2.41. The summed E-state index contributed by atoms with van der Waals surface area (Å²) in [6.45, 7) is 12.7. The van der Waals surface area contributed by atoms with Gasteiger partial charge < -0.3 is 10.2 Å². The molecule has 0 amide bonds. The van der Waals surface area contributed by atoms with Crippen molar-refractivity contribution in [3.8, 4) is 0 Å². The van der Waals surface area contributed by atoms with Crippen molar-refractivity contribution in [1.29, 1.82) is 0 Å². The van der Waals surface area contributed by atoms with E-state index in [4.69, 9.17) is 0 Å². The summed E-state index contributed by atoms with van der Waals surface area (Å²) in [7, 11) is 2.34. The summed E-state index contributed by atoms with van der Waals surface area (Å²) in [5, 5.41) is 3.58. The van der Waals surface area contributed by atoms with Gasteiger partial charge in [-0.3, -0.25) is 0 Å². The van der Waals surface area contributed by atoms with Crippen molar-refractivity contribution in [2.75, 3.05) is 13.6 Å². The van der Waals surface area contributed by atoms with Gasteiger partial charge in [0.1, 0.15) is 0 Å². The lowest BCUT2D eigenvalue weighted by Gasteiger charge is -2.37. The highest BCUT2D eigenvalue weighted by Gasteiger charge is 2.24. The van der Waals surface area contributed by atoms with E-state index in [1.165, 1.54) is 38.5 Å². The fourth-order valence-electron chi connectivity index (χ4n) is 3.07. The van der Waals surface area contributed by atoms with Crippen LogP contribution < -0.4 is 5.32 Å². The molecule has 1 atom stereocenters. The van der Waals surface area contributed by atoms with Crippen LogP contribution in [0.15, 0.2) is 0 Å². The molecule has 0 aromatic heterocycles. The molecule has 0 heterocycles. The van der Waals surface area contributed by atoms with E-state index in [9.17, 15) is 0 Å². The Kier molecular flexibility index (Phi) is 6.82. The first-order valence-corrected chi connectivity index (χ1v) is 8.26. The van der Waals surface area contributed by atoms with Crippen molar-refractivity contribution in [2.24, 2.45) is 5.92 Å². The van der Waals surface area contributed by atoms with E-state index in [1.54, 1.807) is 0 Å². The summed E-state index contributed by atoms with van der Waals surface area (Å²) in [6, 6.07) is 1.56. The molecular formula is C17H36N2. The van der Waals surface area contributed by atoms with E-state index in [-0.39, 0.29) is 5.54 Å². The average Bonchev–Trinajstić information content (AvgIpc) is 2.33. The van der Waals surface area contributed by atoms with Gasteiger partial charge in [0.05, 0.1) is 0 Å². The van der Waals surface area contributed by atoms with Crippen LogP contribution in [0, 0.1) is 5.92 Å². The monoisotopic (exact) mass is 268 g/mol. The van der Waals surface area contributed by atoms with Gasteiger partial charge in [0.15, 0.2) is 0 Å². The molecule has 1 saturated carbocycles. The van der Waals surface area contributed by atoms with Crippen molar-refractivity contribution in [2.45, 2.75) is 90.8 Å². The quantitative estimate of drug-likeness (QED) is 0.731. The normalized spacial score (nSPS) is 26.7. The lowest BCUT2D eigenvalue weighted by atomic mass is 9.86. The minimum absolute atomic E-state index is 0.259. The molecule has 1 N–H and O–H groups in total. The second-order valence-corrected chi connectivity index (χ2v) is 7.75. The topological polar surface area (TPSA) is 15.3 Å². The largest absolute Gasteiger partial charge is 0.312 e. The van der Waals surface area contributed by atoms with Gasteiger partial charge in [-0.25, -0.2) is 0 Å². The van der Waals surface area contributed by atoms with Gasteiger partial charge >= 0.3 is 0 Å². The molecule has 2 nitrogen and oxygen atoms in total. The van der Waals surface area contributed by atoms with Gasteiger partial charge in [-0.2, -0.15) is 0 Å². The Morgan fingerprint density at radius 3 is 2.26 bits per heavy atom. The molecule has 1 unspecified atom stereocenters. The number of hydrogen-bond acceptors (Lipinski definition) is 2. The molecular weight excluding hydrogens is 232 g/mol. The van der Waals surface area contributed by atoms with Gasteiger partial charge in [-0.15, -0.1) is 0 Å². The standard InChI is InChI=1S/C17H36N2/c1-14-9-11-16(12-10-14)19(6)15(2)8-7-13-18-17(3,4)5/h14-16,18H,7-13H2,1-6H3. The Morgan fingerprint density at radius 2 is 1.74 bits per heavy atom. The molecule has 2 heteroatoms. The lowest BCUT2D eigenvalue weighted by molar-refractivity contribution is 0.124. The minimum atomic E-state index is 0.259. The fraction of sp³-hybridized carbons (Fsp3) is 1.00. The minimum Gasteiger partial charge on any atom is -0.312 e. The van der Waals surface area contributed by atoms with E-state index in [1.807, 2.05) is 0 Å². The van der Waals surface area contributed by atoms with Crippen LogP contribution >= 0.6 is 0 Å². The van der Waals surface area contributed by atoms with Gasteiger partial charge in [-0.05, 0) is 85.7 Å². The Hall–Kier alpha value is -0.0800. The van der Waals surface area contributed by atoms with Crippen LogP contribution in [-0.4, -0.2) is 36.1 Å². The first-order valence-electron chi connectivity index (χ1n) is 8.26. The summed E-state index contributed by atoms with van der Waals surface area (Å²) in [6.07, 6.45) is 8.25. The third-order valence-corrected chi connectivity index (χ3v) is 4.71. The molecule has 1 fully saturated rings. The third-order valence-electron chi connectivity index (χ3n) is 4.71. The maximum absolute atomic E-state index is 3.58. The molecule has 1 aliphatic carbocycles. The van der Waals surface area contributed by atoms with Crippen LogP contribution in [0.4, 0.5) is 0 Å². The molecule has 0 aromatic rings. The first kappa shape index (κ1) is 17.0. The number of nitrogens with one attached hydrogen (secondary N) is 1. The van der Waals surface area contributed by atoms with Crippen molar-refractivity contribution in [3.05, 3.63) is 0 Å². The zero-order valence-electron chi connectivity index (χ0n) is 14.1. The van der Waals surface area contributed by atoms with Crippen LogP contribution in [0.1, 0.15) is 73.1 Å². The second kappa shape index (κ2) is 7.64. The van der Waals surface area contributed by atoms with Gasteiger partial charge in [0, 0.05) is 17.6 Å². The van der Waals surface area contributed by atoms with Crippen LogP contribution in [-0.2, 0) is 0 Å². The van der Waals surface area contributed by atoms with Crippen molar-refractivity contribution >= 4 is 0 Å². The zero-order chi connectivity index (χ0) is 14.5. The van der Waals surface area contributed by atoms with Gasteiger partial charge in [0.25, 0.3) is 0 Å². The fourth-order valence-corrected chi connectivity index (χ4v) is 3.07. The molecule has 0 spiro atoms. The van der Waals surface area contributed by atoms with Crippen LogP contribution in [0.2, 0.25) is 0 Å². The highest BCUT2D eigenvalue weighted by molar-refractivity contribution is 4.80. The van der Waals surface area contributed by atoms with Crippen LogP contribution in [0.3, 0.4) is 0 Å². The molecule has 0 aliphatic heterocycles. The van der Waals surface area contributed by atoms with Crippen LogP contribution in [0.5, 0.6) is 0 Å². The SMILES string of the molecule is CC1CCC(N(C)C(C)CCCNC(C)(C)C)CC1. The molecule has 114 valence electrons. The second-order valence-electron chi connectivity index (χ2n) is 7.75. The first-order chi connectivity index (χ1) is 8.79. The molecule has 0 bridgehead atoms.